The van der Waals surface area contributed by atoms with E-state index in [-0.39, 0.29) is 5.91 Å². The van der Waals surface area contributed by atoms with Gasteiger partial charge in [-0.2, -0.15) is 0 Å². The lowest BCUT2D eigenvalue weighted by Crippen LogP contribution is -2.23. The molecule has 110 valence electrons. The molecule has 0 aromatic heterocycles. The van der Waals surface area contributed by atoms with Crippen molar-refractivity contribution in [3.63, 3.8) is 0 Å². The maximum absolute atomic E-state index is 12.1. The van der Waals surface area contributed by atoms with Crippen LogP contribution in [0.1, 0.15) is 21.5 Å². The van der Waals surface area contributed by atoms with Crippen LogP contribution in [0, 0.1) is 6.92 Å². The van der Waals surface area contributed by atoms with Gasteiger partial charge in [0.1, 0.15) is 11.5 Å². The summed E-state index contributed by atoms with van der Waals surface area (Å²) in [4.78, 5) is 12.1. The number of carbonyl (C=O) groups is 1. The van der Waals surface area contributed by atoms with Crippen molar-refractivity contribution in [3.8, 4) is 11.5 Å². The van der Waals surface area contributed by atoms with Gasteiger partial charge < -0.3 is 14.8 Å². The summed E-state index contributed by atoms with van der Waals surface area (Å²) in [6, 6.07) is 13.0. The van der Waals surface area contributed by atoms with E-state index in [0.29, 0.717) is 23.6 Å². The van der Waals surface area contributed by atoms with E-state index >= 15 is 0 Å². The molecule has 2 rings (SSSR count). The van der Waals surface area contributed by atoms with Gasteiger partial charge >= 0.3 is 0 Å². The molecule has 0 saturated heterocycles. The van der Waals surface area contributed by atoms with Crippen molar-refractivity contribution < 1.29 is 14.3 Å². The van der Waals surface area contributed by atoms with Crippen LogP contribution >= 0.6 is 0 Å². The minimum absolute atomic E-state index is 0.122. The van der Waals surface area contributed by atoms with Crippen molar-refractivity contribution in [1.82, 2.24) is 5.32 Å². The highest BCUT2D eigenvalue weighted by molar-refractivity contribution is 5.94. The zero-order valence-corrected chi connectivity index (χ0v) is 12.5. The van der Waals surface area contributed by atoms with Gasteiger partial charge in [0.2, 0.25) is 0 Å². The van der Waals surface area contributed by atoms with Crippen LogP contribution in [0.5, 0.6) is 11.5 Å². The second-order valence-electron chi connectivity index (χ2n) is 4.69. The maximum Gasteiger partial charge on any atom is 0.251 e. The molecule has 1 amide bonds. The van der Waals surface area contributed by atoms with E-state index in [4.69, 9.17) is 9.47 Å². The number of hydrogen-bond acceptors (Lipinski definition) is 3. The fraction of sp³-hybridized carbons (Fsp3) is 0.235. The van der Waals surface area contributed by atoms with E-state index in [1.54, 1.807) is 14.2 Å². The zero-order chi connectivity index (χ0) is 15.2. The van der Waals surface area contributed by atoms with Crippen LogP contribution in [0.2, 0.25) is 0 Å². The fourth-order valence-corrected chi connectivity index (χ4v) is 2.08. The number of rotatable bonds is 5. The molecule has 0 saturated carbocycles. The van der Waals surface area contributed by atoms with Crippen molar-refractivity contribution in [1.29, 1.82) is 0 Å². The number of aryl methyl sites for hydroxylation is 1. The van der Waals surface area contributed by atoms with Crippen molar-refractivity contribution in [3.05, 3.63) is 59.2 Å². The number of carbonyl (C=O) groups excluding carboxylic acids is 1. The highest BCUT2D eigenvalue weighted by atomic mass is 16.5. The standard InChI is InChI=1S/C17H19NO3/c1-12-7-9-13(10-8-12)17(19)18-11-14-15(20-2)5-4-6-16(14)21-3/h4-10H,11H2,1-3H3,(H,18,19). The van der Waals surface area contributed by atoms with Crippen LogP contribution in [0.4, 0.5) is 0 Å². The summed E-state index contributed by atoms with van der Waals surface area (Å²) in [6.45, 7) is 2.33. The molecule has 0 unspecified atom stereocenters. The molecule has 0 radical (unpaired) electrons. The van der Waals surface area contributed by atoms with Gasteiger partial charge in [0, 0.05) is 5.56 Å². The first-order valence-corrected chi connectivity index (χ1v) is 6.70. The molecular formula is C17H19NO3. The Balaban J connectivity index is 2.12. The summed E-state index contributed by atoms with van der Waals surface area (Å²) in [6.07, 6.45) is 0. The number of nitrogens with one attached hydrogen (secondary N) is 1. The Labute approximate surface area is 124 Å². The predicted molar refractivity (Wildman–Crippen MR) is 81.9 cm³/mol. The van der Waals surface area contributed by atoms with Gasteiger partial charge in [-0.25, -0.2) is 0 Å². The maximum atomic E-state index is 12.1. The summed E-state index contributed by atoms with van der Waals surface area (Å²) in [7, 11) is 3.19. The Morgan fingerprint density at radius 1 is 1.00 bits per heavy atom. The summed E-state index contributed by atoms with van der Waals surface area (Å²) in [5, 5.41) is 2.89. The van der Waals surface area contributed by atoms with Gasteiger partial charge in [-0.3, -0.25) is 4.79 Å². The number of hydrogen-bond donors (Lipinski definition) is 1. The summed E-state index contributed by atoms with van der Waals surface area (Å²) >= 11 is 0. The van der Waals surface area contributed by atoms with Crippen molar-refractivity contribution in [2.75, 3.05) is 14.2 Å². The second-order valence-corrected chi connectivity index (χ2v) is 4.69. The van der Waals surface area contributed by atoms with Crippen LogP contribution in [0.15, 0.2) is 42.5 Å². The third-order valence-electron chi connectivity index (χ3n) is 3.27. The van der Waals surface area contributed by atoms with E-state index < -0.39 is 0 Å². The number of amides is 1. The SMILES string of the molecule is COc1cccc(OC)c1CNC(=O)c1ccc(C)cc1. The molecule has 0 bridgehead atoms. The van der Waals surface area contributed by atoms with Gasteiger partial charge in [-0.15, -0.1) is 0 Å². The topological polar surface area (TPSA) is 47.6 Å². The van der Waals surface area contributed by atoms with Crippen molar-refractivity contribution >= 4 is 5.91 Å². The predicted octanol–water partition coefficient (Wildman–Crippen LogP) is 2.94. The molecule has 21 heavy (non-hydrogen) atoms. The Morgan fingerprint density at radius 2 is 1.57 bits per heavy atom. The molecule has 0 atom stereocenters. The van der Waals surface area contributed by atoms with Gasteiger partial charge in [0.05, 0.1) is 26.3 Å². The summed E-state index contributed by atoms with van der Waals surface area (Å²) in [5.41, 5.74) is 2.58. The molecule has 0 aliphatic heterocycles. The average Bonchev–Trinajstić information content (AvgIpc) is 2.52. The summed E-state index contributed by atoms with van der Waals surface area (Å²) < 4.78 is 10.6. The Kier molecular flexibility index (Phi) is 4.82. The van der Waals surface area contributed by atoms with Crippen LogP contribution in [-0.4, -0.2) is 20.1 Å². The first-order valence-electron chi connectivity index (χ1n) is 6.70. The lowest BCUT2D eigenvalue weighted by atomic mass is 10.1. The average molecular weight is 285 g/mol. The molecular weight excluding hydrogens is 266 g/mol. The molecule has 0 aliphatic carbocycles. The lowest BCUT2D eigenvalue weighted by molar-refractivity contribution is 0.0950. The Morgan fingerprint density at radius 3 is 2.10 bits per heavy atom. The molecule has 0 heterocycles. The van der Waals surface area contributed by atoms with E-state index in [0.717, 1.165) is 11.1 Å². The lowest BCUT2D eigenvalue weighted by Gasteiger charge is -2.13. The minimum atomic E-state index is -0.122. The molecule has 2 aromatic carbocycles. The highest BCUT2D eigenvalue weighted by Crippen LogP contribution is 2.27. The molecule has 0 aliphatic rings. The number of ether oxygens (including phenoxy) is 2. The Hall–Kier alpha value is -2.49. The van der Waals surface area contributed by atoms with E-state index in [2.05, 4.69) is 5.32 Å². The first kappa shape index (κ1) is 14.9. The van der Waals surface area contributed by atoms with Crippen molar-refractivity contribution in [2.24, 2.45) is 0 Å². The van der Waals surface area contributed by atoms with Crippen LogP contribution in [0.25, 0.3) is 0 Å². The van der Waals surface area contributed by atoms with Gasteiger partial charge in [0.25, 0.3) is 5.91 Å². The first-order chi connectivity index (χ1) is 10.2. The fourth-order valence-electron chi connectivity index (χ4n) is 2.08. The smallest absolute Gasteiger partial charge is 0.251 e. The third kappa shape index (κ3) is 3.54. The number of methoxy groups -OCH3 is 2. The van der Waals surface area contributed by atoms with E-state index in [1.807, 2.05) is 49.4 Å². The highest BCUT2D eigenvalue weighted by Gasteiger charge is 2.12. The van der Waals surface area contributed by atoms with Gasteiger partial charge in [0.15, 0.2) is 0 Å². The van der Waals surface area contributed by atoms with Crippen LogP contribution < -0.4 is 14.8 Å². The molecule has 2 aromatic rings. The Bertz CT molecular complexity index is 598. The van der Waals surface area contributed by atoms with Crippen LogP contribution in [0.3, 0.4) is 0 Å². The molecule has 0 fully saturated rings. The second kappa shape index (κ2) is 6.79. The molecule has 0 spiro atoms. The molecule has 4 nitrogen and oxygen atoms in total. The third-order valence-corrected chi connectivity index (χ3v) is 3.27. The number of benzene rings is 2. The quantitative estimate of drug-likeness (QED) is 0.918. The molecule has 4 heteroatoms. The molecule has 1 N–H and O–H groups in total. The van der Waals surface area contributed by atoms with Crippen LogP contribution in [-0.2, 0) is 6.54 Å². The monoisotopic (exact) mass is 285 g/mol. The van der Waals surface area contributed by atoms with E-state index in [1.165, 1.54) is 0 Å². The van der Waals surface area contributed by atoms with Gasteiger partial charge in [-0.05, 0) is 31.2 Å². The largest absolute Gasteiger partial charge is 0.496 e. The van der Waals surface area contributed by atoms with Crippen molar-refractivity contribution in [2.45, 2.75) is 13.5 Å². The normalized spacial score (nSPS) is 10.0. The summed E-state index contributed by atoms with van der Waals surface area (Å²) in [5.74, 6) is 1.26. The zero-order valence-electron chi connectivity index (χ0n) is 12.5. The minimum Gasteiger partial charge on any atom is -0.496 e. The van der Waals surface area contributed by atoms with Gasteiger partial charge in [-0.1, -0.05) is 23.8 Å². The van der Waals surface area contributed by atoms with E-state index in [9.17, 15) is 4.79 Å².